The quantitative estimate of drug-likeness (QED) is 0.384. The van der Waals surface area contributed by atoms with E-state index in [0.29, 0.717) is 37.1 Å². The van der Waals surface area contributed by atoms with Gasteiger partial charge in [-0.15, -0.1) is 0 Å². The van der Waals surface area contributed by atoms with Crippen LogP contribution in [0.15, 0.2) is 42.5 Å². The average Bonchev–Trinajstić information content (AvgIpc) is 3.19. The van der Waals surface area contributed by atoms with Crippen LogP contribution >= 0.6 is 0 Å². The summed E-state index contributed by atoms with van der Waals surface area (Å²) in [7, 11) is 0. The number of hydrogen-bond acceptors (Lipinski definition) is 5. The summed E-state index contributed by atoms with van der Waals surface area (Å²) in [5.41, 5.74) is 4.08. The van der Waals surface area contributed by atoms with Gasteiger partial charge in [0, 0.05) is 50.1 Å². The van der Waals surface area contributed by atoms with Gasteiger partial charge in [0.15, 0.2) is 5.78 Å². The minimum Gasteiger partial charge on any atom is -0.449 e. The van der Waals surface area contributed by atoms with Crippen LogP contribution in [0.2, 0.25) is 0 Å². The lowest BCUT2D eigenvalue weighted by atomic mass is 9.89. The van der Waals surface area contributed by atoms with Crippen LogP contribution in [0.4, 0.5) is 20.6 Å². The Balaban J connectivity index is 1.22. The van der Waals surface area contributed by atoms with Gasteiger partial charge >= 0.3 is 6.09 Å². The number of hydrogen-bond donors (Lipinski definition) is 0. The van der Waals surface area contributed by atoms with E-state index in [9.17, 15) is 14.0 Å². The molecular formula is C28H34FN3O3. The second kappa shape index (κ2) is 10.4. The molecule has 0 bridgehead atoms. The van der Waals surface area contributed by atoms with Crippen molar-refractivity contribution in [1.82, 2.24) is 4.90 Å². The number of piperidine rings is 1. The maximum absolute atomic E-state index is 13.1. The molecule has 1 saturated heterocycles. The van der Waals surface area contributed by atoms with Gasteiger partial charge in [0.25, 0.3) is 0 Å². The van der Waals surface area contributed by atoms with Crippen LogP contribution in [-0.4, -0.2) is 62.1 Å². The third-order valence-electron chi connectivity index (χ3n) is 7.64. The normalized spacial score (nSPS) is 21.0. The van der Waals surface area contributed by atoms with Gasteiger partial charge < -0.3 is 14.5 Å². The molecule has 1 amide bonds. The number of carbonyl (C=O) groups is 2. The molecule has 0 aliphatic carbocycles. The number of nitrogens with zero attached hydrogens (tertiary/aromatic N) is 3. The Morgan fingerprint density at radius 2 is 1.89 bits per heavy atom. The first-order valence-electron chi connectivity index (χ1n) is 12.9. The van der Waals surface area contributed by atoms with E-state index in [2.05, 4.69) is 28.9 Å². The number of halogens is 1. The molecular weight excluding hydrogens is 445 g/mol. The van der Waals surface area contributed by atoms with Crippen LogP contribution in [0, 0.1) is 5.82 Å². The van der Waals surface area contributed by atoms with Crippen molar-refractivity contribution >= 4 is 23.3 Å². The van der Waals surface area contributed by atoms with Crippen molar-refractivity contribution in [2.45, 2.75) is 51.0 Å². The van der Waals surface area contributed by atoms with Crippen molar-refractivity contribution in [3.05, 3.63) is 59.4 Å². The van der Waals surface area contributed by atoms with E-state index in [1.807, 2.05) is 6.07 Å². The van der Waals surface area contributed by atoms with E-state index in [-0.39, 0.29) is 17.7 Å². The smallest absolute Gasteiger partial charge is 0.414 e. The van der Waals surface area contributed by atoms with Gasteiger partial charge in [-0.25, -0.2) is 9.18 Å². The van der Waals surface area contributed by atoms with Crippen molar-refractivity contribution < 1.29 is 18.7 Å². The summed E-state index contributed by atoms with van der Waals surface area (Å²) in [5.74, 6) is 0.153. The molecule has 2 aromatic carbocycles. The number of ether oxygens (including phenoxy) is 1. The summed E-state index contributed by atoms with van der Waals surface area (Å²) in [6, 6.07) is 12.6. The summed E-state index contributed by atoms with van der Waals surface area (Å²) < 4.78 is 18.6. The second-order valence-corrected chi connectivity index (χ2v) is 9.82. The van der Waals surface area contributed by atoms with Crippen molar-refractivity contribution in [3.63, 3.8) is 0 Å². The van der Waals surface area contributed by atoms with Gasteiger partial charge in [-0.3, -0.25) is 9.69 Å². The van der Waals surface area contributed by atoms with Gasteiger partial charge in [0.1, 0.15) is 5.82 Å². The molecule has 5 rings (SSSR count). The molecule has 3 aliphatic heterocycles. The summed E-state index contributed by atoms with van der Waals surface area (Å²) in [6.45, 7) is 6.89. The van der Waals surface area contributed by atoms with E-state index < -0.39 is 0 Å². The van der Waals surface area contributed by atoms with Gasteiger partial charge in [-0.05, 0) is 61.7 Å². The molecule has 2 atom stereocenters. The van der Waals surface area contributed by atoms with E-state index in [0.717, 1.165) is 57.5 Å². The van der Waals surface area contributed by atoms with Crippen LogP contribution in [0.3, 0.4) is 0 Å². The highest BCUT2D eigenvalue weighted by atomic mass is 19.1. The first-order valence-corrected chi connectivity index (χ1v) is 12.9. The molecule has 0 spiro atoms. The summed E-state index contributed by atoms with van der Waals surface area (Å²) in [5, 5.41) is 0. The van der Waals surface area contributed by atoms with Gasteiger partial charge in [-0.1, -0.05) is 25.5 Å². The van der Waals surface area contributed by atoms with Crippen LogP contribution in [-0.2, 0) is 4.74 Å². The summed E-state index contributed by atoms with van der Waals surface area (Å²) in [4.78, 5) is 32.0. The van der Waals surface area contributed by atoms with Crippen LogP contribution < -0.4 is 9.80 Å². The predicted molar refractivity (Wildman–Crippen MR) is 135 cm³/mol. The van der Waals surface area contributed by atoms with Crippen LogP contribution in [0.25, 0.3) is 0 Å². The number of amides is 1. The number of unbranched alkanes of at least 4 members (excludes halogenated alkanes) is 1. The average molecular weight is 480 g/mol. The maximum atomic E-state index is 13.1. The zero-order valence-corrected chi connectivity index (χ0v) is 20.4. The second-order valence-electron chi connectivity index (χ2n) is 9.82. The standard InChI is InChI=1S/C28H34FN3O3/c1-2-3-18-35-28(34)32-17-16-31-24-13-15-30(19-23(24)22-6-4-7-25(32)27(22)31)14-5-8-26(33)20-9-11-21(29)12-10-20/h4,6-7,9-12,23-24H,2-3,5,8,13-19H2,1H3. The Kier molecular flexibility index (Phi) is 7.04. The van der Waals surface area contributed by atoms with Crippen molar-refractivity contribution in [2.24, 2.45) is 0 Å². The molecule has 3 aliphatic rings. The fourth-order valence-corrected chi connectivity index (χ4v) is 5.85. The Hall–Kier alpha value is -2.93. The molecule has 35 heavy (non-hydrogen) atoms. The largest absolute Gasteiger partial charge is 0.449 e. The number of benzene rings is 2. The molecule has 7 heteroatoms. The van der Waals surface area contributed by atoms with Crippen molar-refractivity contribution in [2.75, 3.05) is 49.1 Å². The summed E-state index contributed by atoms with van der Waals surface area (Å²) in [6.07, 6.45) is 3.98. The molecule has 0 N–H and O–H groups in total. The number of fused-ring (bicyclic) bond motifs is 3. The zero-order valence-electron chi connectivity index (χ0n) is 20.4. The molecule has 0 aromatic heterocycles. The number of ketones is 1. The number of para-hydroxylation sites is 1. The minimum atomic E-state index is -0.320. The SMILES string of the molecule is CCCCOC(=O)N1CCN2c3c(cccc31)C1CN(CCCC(=O)c3ccc(F)cc3)CCC12. The van der Waals surface area contributed by atoms with E-state index in [1.54, 1.807) is 17.0 Å². The molecule has 3 heterocycles. The first-order chi connectivity index (χ1) is 17.1. The Bertz CT molecular complexity index is 1070. The molecule has 2 aromatic rings. The molecule has 2 unspecified atom stereocenters. The van der Waals surface area contributed by atoms with Crippen molar-refractivity contribution in [3.8, 4) is 0 Å². The van der Waals surface area contributed by atoms with E-state index >= 15 is 0 Å². The monoisotopic (exact) mass is 479 g/mol. The Morgan fingerprint density at radius 3 is 2.69 bits per heavy atom. The highest BCUT2D eigenvalue weighted by Crippen LogP contribution is 2.50. The Morgan fingerprint density at radius 1 is 1.06 bits per heavy atom. The highest BCUT2D eigenvalue weighted by Gasteiger charge is 2.45. The number of Topliss-reactive ketones (excluding diaryl/α,β-unsaturated/α-hetero) is 1. The molecule has 186 valence electrons. The first kappa shape index (κ1) is 23.8. The number of rotatable bonds is 8. The highest BCUT2D eigenvalue weighted by molar-refractivity contribution is 5.96. The predicted octanol–water partition coefficient (Wildman–Crippen LogP) is 5.22. The van der Waals surface area contributed by atoms with Gasteiger partial charge in [0.05, 0.1) is 18.0 Å². The molecule has 0 saturated carbocycles. The Labute approximate surface area is 206 Å². The maximum Gasteiger partial charge on any atom is 0.414 e. The topological polar surface area (TPSA) is 53.1 Å². The van der Waals surface area contributed by atoms with Crippen LogP contribution in [0.1, 0.15) is 60.9 Å². The third-order valence-corrected chi connectivity index (χ3v) is 7.64. The number of carbonyl (C=O) groups excluding carboxylic acids is 2. The molecule has 0 radical (unpaired) electrons. The fraction of sp³-hybridized carbons (Fsp3) is 0.500. The van der Waals surface area contributed by atoms with E-state index in [1.165, 1.54) is 23.4 Å². The lowest BCUT2D eigenvalue weighted by Gasteiger charge is -2.41. The molecule has 6 nitrogen and oxygen atoms in total. The third kappa shape index (κ3) is 4.79. The van der Waals surface area contributed by atoms with Crippen molar-refractivity contribution in [1.29, 1.82) is 0 Å². The lowest BCUT2D eigenvalue weighted by Crippen LogP contribution is -2.50. The summed E-state index contributed by atoms with van der Waals surface area (Å²) >= 11 is 0. The minimum absolute atomic E-state index is 0.0683. The van der Waals surface area contributed by atoms with E-state index in [4.69, 9.17) is 4.74 Å². The molecule has 1 fully saturated rings. The van der Waals surface area contributed by atoms with Gasteiger partial charge in [-0.2, -0.15) is 0 Å². The fourth-order valence-electron chi connectivity index (χ4n) is 5.85. The zero-order chi connectivity index (χ0) is 24.4. The lowest BCUT2D eigenvalue weighted by molar-refractivity contribution is 0.0971. The van der Waals surface area contributed by atoms with Gasteiger partial charge in [0.2, 0.25) is 0 Å². The van der Waals surface area contributed by atoms with Crippen LogP contribution in [0.5, 0.6) is 0 Å². The number of anilines is 2. The number of likely N-dealkylation sites (tertiary alicyclic amines) is 1.